The fourth-order valence-electron chi connectivity index (χ4n) is 3.27. The molecule has 158 valence electrons. The van der Waals surface area contributed by atoms with E-state index >= 15 is 0 Å². The number of hydrogen-bond acceptors (Lipinski definition) is 4. The fourth-order valence-corrected chi connectivity index (χ4v) is 3.27. The largest absolute Gasteiger partial charge is 0.376 e. The van der Waals surface area contributed by atoms with Gasteiger partial charge in [-0.25, -0.2) is 4.39 Å². The molecule has 2 N–H and O–H groups in total. The van der Waals surface area contributed by atoms with Crippen molar-refractivity contribution >= 4 is 29.1 Å². The summed E-state index contributed by atoms with van der Waals surface area (Å²) < 4.78 is 14.1. The van der Waals surface area contributed by atoms with Gasteiger partial charge in [0, 0.05) is 38.8 Å². The van der Waals surface area contributed by atoms with E-state index in [1.807, 2.05) is 30.3 Å². The topological polar surface area (TPSA) is 81.8 Å². The van der Waals surface area contributed by atoms with Crippen molar-refractivity contribution in [3.05, 3.63) is 59.9 Å². The molecule has 3 rings (SSSR count). The van der Waals surface area contributed by atoms with E-state index in [0.29, 0.717) is 31.9 Å². The molecular weight excluding hydrogens is 387 g/mol. The molecule has 2 aromatic carbocycles. The zero-order valence-electron chi connectivity index (χ0n) is 16.9. The molecule has 0 aliphatic carbocycles. The Labute approximate surface area is 174 Å². The van der Waals surface area contributed by atoms with Crippen molar-refractivity contribution in [1.82, 2.24) is 9.80 Å². The summed E-state index contributed by atoms with van der Waals surface area (Å²) in [7, 11) is 0. The number of carbonyl (C=O) groups excluding carboxylic acids is 3. The Morgan fingerprint density at radius 1 is 0.967 bits per heavy atom. The highest BCUT2D eigenvalue weighted by atomic mass is 19.1. The Kier molecular flexibility index (Phi) is 7.00. The smallest absolute Gasteiger partial charge is 0.241 e. The van der Waals surface area contributed by atoms with E-state index in [-0.39, 0.29) is 36.4 Å². The third-order valence-corrected chi connectivity index (χ3v) is 4.97. The zero-order valence-corrected chi connectivity index (χ0v) is 16.9. The highest BCUT2D eigenvalue weighted by molar-refractivity contribution is 5.93. The van der Waals surface area contributed by atoms with Crippen molar-refractivity contribution < 1.29 is 18.8 Å². The number of carbonyl (C=O) groups is 3. The Morgan fingerprint density at radius 3 is 2.30 bits per heavy atom. The van der Waals surface area contributed by atoms with Crippen LogP contribution in [0.15, 0.2) is 48.5 Å². The second-order valence-corrected chi connectivity index (χ2v) is 7.15. The van der Waals surface area contributed by atoms with Gasteiger partial charge in [0.2, 0.25) is 17.7 Å². The molecule has 30 heavy (non-hydrogen) atoms. The van der Waals surface area contributed by atoms with Gasteiger partial charge in [0.25, 0.3) is 0 Å². The Hall–Kier alpha value is -3.42. The SMILES string of the molecule is CC(=O)N1CCN(C(=O)CNc2ccc(F)c(NC(=O)Cc3ccccc3)c2)CC1. The van der Waals surface area contributed by atoms with E-state index in [1.165, 1.54) is 25.1 Å². The van der Waals surface area contributed by atoms with Crippen molar-refractivity contribution in [2.45, 2.75) is 13.3 Å². The van der Waals surface area contributed by atoms with E-state index in [1.54, 1.807) is 9.80 Å². The average Bonchev–Trinajstić information content (AvgIpc) is 2.74. The molecule has 8 heteroatoms. The van der Waals surface area contributed by atoms with Crippen LogP contribution in [0.2, 0.25) is 0 Å². The fraction of sp³-hybridized carbons (Fsp3) is 0.318. The quantitative estimate of drug-likeness (QED) is 0.762. The normalized spacial score (nSPS) is 13.7. The third-order valence-electron chi connectivity index (χ3n) is 4.97. The van der Waals surface area contributed by atoms with Crippen molar-refractivity contribution in [2.75, 3.05) is 43.4 Å². The number of hydrogen-bond donors (Lipinski definition) is 2. The van der Waals surface area contributed by atoms with E-state index < -0.39 is 5.82 Å². The average molecular weight is 412 g/mol. The Balaban J connectivity index is 1.53. The van der Waals surface area contributed by atoms with Gasteiger partial charge in [0.15, 0.2) is 0 Å². The van der Waals surface area contributed by atoms with E-state index in [2.05, 4.69) is 10.6 Å². The summed E-state index contributed by atoms with van der Waals surface area (Å²) in [4.78, 5) is 39.4. The number of nitrogens with one attached hydrogen (secondary N) is 2. The molecule has 0 spiro atoms. The van der Waals surface area contributed by atoms with Crippen LogP contribution in [-0.2, 0) is 20.8 Å². The number of amides is 3. The molecule has 0 radical (unpaired) electrons. The number of nitrogens with zero attached hydrogens (tertiary/aromatic N) is 2. The standard InChI is InChI=1S/C22H25FN4O3/c1-16(28)26-9-11-27(12-10-26)22(30)15-24-18-7-8-19(23)20(14-18)25-21(29)13-17-5-3-2-4-6-17/h2-8,14,24H,9-13,15H2,1H3,(H,25,29). The monoisotopic (exact) mass is 412 g/mol. The molecular formula is C22H25FN4O3. The van der Waals surface area contributed by atoms with Crippen LogP contribution in [0, 0.1) is 5.82 Å². The van der Waals surface area contributed by atoms with E-state index in [9.17, 15) is 18.8 Å². The first kappa shape index (κ1) is 21.3. The van der Waals surface area contributed by atoms with Crippen molar-refractivity contribution in [3.63, 3.8) is 0 Å². The maximum atomic E-state index is 14.1. The minimum atomic E-state index is -0.548. The predicted molar refractivity (Wildman–Crippen MR) is 112 cm³/mol. The molecule has 3 amide bonds. The highest BCUT2D eigenvalue weighted by Crippen LogP contribution is 2.20. The van der Waals surface area contributed by atoms with E-state index in [4.69, 9.17) is 0 Å². The minimum absolute atomic E-state index is 0.00776. The first-order chi connectivity index (χ1) is 14.4. The van der Waals surface area contributed by atoms with Crippen LogP contribution < -0.4 is 10.6 Å². The van der Waals surface area contributed by atoms with Gasteiger partial charge in [-0.15, -0.1) is 0 Å². The second kappa shape index (κ2) is 9.87. The van der Waals surface area contributed by atoms with Gasteiger partial charge in [-0.05, 0) is 23.8 Å². The first-order valence-electron chi connectivity index (χ1n) is 9.83. The molecule has 1 saturated heterocycles. The molecule has 1 aliphatic rings. The summed E-state index contributed by atoms with van der Waals surface area (Å²) >= 11 is 0. The first-order valence-corrected chi connectivity index (χ1v) is 9.83. The van der Waals surface area contributed by atoms with Crippen molar-refractivity contribution in [1.29, 1.82) is 0 Å². The molecule has 2 aromatic rings. The lowest BCUT2D eigenvalue weighted by Gasteiger charge is -2.34. The summed E-state index contributed by atoms with van der Waals surface area (Å²) in [6, 6.07) is 13.4. The minimum Gasteiger partial charge on any atom is -0.376 e. The molecule has 0 saturated carbocycles. The van der Waals surface area contributed by atoms with Crippen LogP contribution in [0.25, 0.3) is 0 Å². The van der Waals surface area contributed by atoms with Gasteiger partial charge >= 0.3 is 0 Å². The van der Waals surface area contributed by atoms with Gasteiger partial charge in [0.1, 0.15) is 5.82 Å². The lowest BCUT2D eigenvalue weighted by Crippen LogP contribution is -2.51. The number of benzene rings is 2. The van der Waals surface area contributed by atoms with Crippen LogP contribution in [0.4, 0.5) is 15.8 Å². The van der Waals surface area contributed by atoms with Crippen molar-refractivity contribution in [2.24, 2.45) is 0 Å². The molecule has 0 bridgehead atoms. The molecule has 1 heterocycles. The Bertz CT molecular complexity index is 912. The molecule has 7 nitrogen and oxygen atoms in total. The lowest BCUT2D eigenvalue weighted by molar-refractivity contribution is -0.137. The summed E-state index contributed by atoms with van der Waals surface area (Å²) in [6.07, 6.45) is 0.142. The Morgan fingerprint density at radius 2 is 1.63 bits per heavy atom. The maximum absolute atomic E-state index is 14.1. The number of anilines is 2. The van der Waals surface area contributed by atoms with Gasteiger partial charge in [-0.1, -0.05) is 30.3 Å². The van der Waals surface area contributed by atoms with E-state index in [0.717, 1.165) is 5.56 Å². The summed E-state index contributed by atoms with van der Waals surface area (Å²) in [5.74, 6) is -0.962. The van der Waals surface area contributed by atoms with Crippen LogP contribution >= 0.6 is 0 Å². The lowest BCUT2D eigenvalue weighted by atomic mass is 10.1. The maximum Gasteiger partial charge on any atom is 0.241 e. The van der Waals surface area contributed by atoms with Crippen LogP contribution in [0.3, 0.4) is 0 Å². The molecule has 1 fully saturated rings. The van der Waals surface area contributed by atoms with Crippen LogP contribution in [-0.4, -0.2) is 60.2 Å². The second-order valence-electron chi connectivity index (χ2n) is 7.15. The molecule has 1 aliphatic heterocycles. The summed E-state index contributed by atoms with van der Waals surface area (Å²) in [5, 5.41) is 5.56. The van der Waals surface area contributed by atoms with Crippen LogP contribution in [0.5, 0.6) is 0 Å². The highest BCUT2D eigenvalue weighted by Gasteiger charge is 2.22. The van der Waals surface area contributed by atoms with Crippen molar-refractivity contribution in [3.8, 4) is 0 Å². The van der Waals surface area contributed by atoms with Gasteiger partial charge in [-0.2, -0.15) is 0 Å². The molecule has 0 unspecified atom stereocenters. The third kappa shape index (κ3) is 5.79. The summed E-state index contributed by atoms with van der Waals surface area (Å²) in [5.41, 5.74) is 1.42. The molecule has 0 atom stereocenters. The van der Waals surface area contributed by atoms with Gasteiger partial charge in [0.05, 0.1) is 18.7 Å². The predicted octanol–water partition coefficient (Wildman–Crippen LogP) is 2.11. The number of halogens is 1. The number of piperazine rings is 1. The molecule has 0 aromatic heterocycles. The van der Waals surface area contributed by atoms with Crippen LogP contribution in [0.1, 0.15) is 12.5 Å². The zero-order chi connectivity index (χ0) is 21.5. The van der Waals surface area contributed by atoms with Gasteiger partial charge < -0.3 is 20.4 Å². The van der Waals surface area contributed by atoms with Gasteiger partial charge in [-0.3, -0.25) is 14.4 Å². The number of rotatable bonds is 6. The summed E-state index contributed by atoms with van der Waals surface area (Å²) in [6.45, 7) is 3.59.